The van der Waals surface area contributed by atoms with Gasteiger partial charge in [0.15, 0.2) is 0 Å². The van der Waals surface area contributed by atoms with Crippen LogP contribution in [0, 0.1) is 0 Å². The third kappa shape index (κ3) is 9.70. The molecule has 5 aliphatic carbocycles. The summed E-state index contributed by atoms with van der Waals surface area (Å²) < 4.78 is 10.4. The first kappa shape index (κ1) is 66.5. The second kappa shape index (κ2) is 24.0. The van der Waals surface area contributed by atoms with Crippen molar-refractivity contribution in [2.24, 2.45) is 0 Å². The molecule has 0 radical (unpaired) electrons. The van der Waals surface area contributed by atoms with E-state index in [9.17, 15) is 10.2 Å². The van der Waals surface area contributed by atoms with Crippen LogP contribution < -0.4 is 29.6 Å². The van der Waals surface area contributed by atoms with Crippen molar-refractivity contribution in [3.8, 4) is 66.8 Å². The summed E-state index contributed by atoms with van der Waals surface area (Å²) in [6.45, 7) is 18.5. The summed E-state index contributed by atoms with van der Waals surface area (Å²) in [7, 11) is -0.833. The molecule has 0 heterocycles. The van der Waals surface area contributed by atoms with Gasteiger partial charge in [0.2, 0.25) is 0 Å². The molecular formula is C88H70Br2NaO5P. The van der Waals surface area contributed by atoms with Gasteiger partial charge in [-0.25, -0.2) is 4.57 Å². The van der Waals surface area contributed by atoms with Gasteiger partial charge in [-0.05, 0) is 197 Å². The van der Waals surface area contributed by atoms with Crippen molar-refractivity contribution >= 4 is 62.1 Å². The number of benzene rings is 13. The van der Waals surface area contributed by atoms with Crippen molar-refractivity contribution in [1.29, 1.82) is 0 Å². The topological polar surface area (TPSA) is 108 Å². The van der Waals surface area contributed by atoms with E-state index in [1.54, 1.807) is 0 Å². The molecule has 18 rings (SSSR count). The fourth-order valence-corrected chi connectivity index (χ4v) is 18.2. The normalized spacial score (nSPS) is 17.9. The van der Waals surface area contributed by atoms with Crippen LogP contribution in [-0.2, 0) is 37.4 Å². The predicted octanol–water partition coefficient (Wildman–Crippen LogP) is 19.7. The molecule has 472 valence electrons. The molecule has 0 saturated carbocycles. The summed E-state index contributed by atoms with van der Waals surface area (Å²) in [4.78, 5) is 6.99. The minimum atomic E-state index is -1.51. The van der Waals surface area contributed by atoms with Crippen molar-refractivity contribution in [2.75, 3.05) is 0 Å². The van der Waals surface area contributed by atoms with Gasteiger partial charge in [-0.15, -0.1) is 0 Å². The monoisotopic (exact) mass is 1420 g/mol. The van der Waals surface area contributed by atoms with Crippen LogP contribution in [0.2, 0.25) is 0 Å². The van der Waals surface area contributed by atoms with Gasteiger partial charge in [0, 0.05) is 36.2 Å². The molecule has 0 aromatic heterocycles. The number of halogens is 2. The van der Waals surface area contributed by atoms with E-state index < -0.39 is 19.9 Å². The first-order chi connectivity index (χ1) is 45.6. The van der Waals surface area contributed by atoms with Crippen molar-refractivity contribution in [2.45, 2.75) is 88.3 Å². The molecule has 13 aromatic carbocycles. The Kier molecular flexibility index (Phi) is 16.5. The second-order valence-electron chi connectivity index (χ2n) is 28.4. The Morgan fingerprint density at radius 2 is 0.567 bits per heavy atom. The number of hydrogen-bond donors (Lipinski definition) is 3. The van der Waals surface area contributed by atoms with E-state index in [2.05, 4.69) is 300 Å². The first-order valence-electron chi connectivity index (χ1n) is 32.6. The number of fused-ring (bicyclic) bond motifs is 16. The molecule has 2 unspecified atom stereocenters. The largest absolute Gasteiger partial charge is 1.00 e. The van der Waals surface area contributed by atoms with Crippen LogP contribution in [0.4, 0.5) is 0 Å². The third-order valence-electron chi connectivity index (χ3n) is 22.2. The van der Waals surface area contributed by atoms with Gasteiger partial charge in [0.05, 0.1) is 0 Å². The van der Waals surface area contributed by atoms with E-state index in [4.69, 9.17) is 9.46 Å². The minimum absolute atomic E-state index is 0. The van der Waals surface area contributed by atoms with Gasteiger partial charge < -0.3 is 20.6 Å². The molecule has 0 saturated heterocycles. The van der Waals surface area contributed by atoms with Crippen LogP contribution in [0.5, 0.6) is 0 Å². The van der Waals surface area contributed by atoms with Gasteiger partial charge in [-0.3, -0.25) is 0 Å². The van der Waals surface area contributed by atoms with Crippen molar-refractivity contribution < 1.29 is 54.7 Å². The Balaban J connectivity index is 0.000000157. The van der Waals surface area contributed by atoms with Crippen LogP contribution in [-0.4, -0.2) is 20.6 Å². The summed E-state index contributed by atoms with van der Waals surface area (Å²) in [5, 5.41) is 31.7. The van der Waals surface area contributed by atoms with Crippen molar-refractivity contribution in [3.63, 3.8) is 0 Å². The van der Waals surface area contributed by atoms with Gasteiger partial charge in [0.1, 0.15) is 11.2 Å². The maximum absolute atomic E-state index is 13.3. The fourth-order valence-electron chi connectivity index (χ4n) is 17.5. The molecule has 0 amide bonds. The molecule has 0 bridgehead atoms. The molecule has 0 spiro atoms. The zero-order valence-corrected chi connectivity index (χ0v) is 61.7. The van der Waals surface area contributed by atoms with Crippen LogP contribution in [0.1, 0.15) is 133 Å². The summed E-state index contributed by atoms with van der Waals surface area (Å²) in [5.74, 6) is 0. The van der Waals surface area contributed by atoms with Crippen molar-refractivity contribution in [1.82, 2.24) is 0 Å². The Morgan fingerprint density at radius 3 is 0.969 bits per heavy atom. The summed E-state index contributed by atoms with van der Waals surface area (Å²) in [6.07, 6.45) is 0. The van der Waals surface area contributed by atoms with Crippen LogP contribution in [0.15, 0.2) is 264 Å². The standard InChI is InChI=1S/C44H35BrO2.C44H33Br.Na.HO2P.H2O/c1-41(2)33-13-7-5-11-29(33)31-20-17-26(23-38(31)41)43(46)35-15-9-10-16-36(35)44(47,40-25-28(45)19-22-37(40)43)27-18-21-32-30-12-6-8-14-34(30)42(3,4)39(32)24-27;1-43(2)37-15-9-7-11-29(37)31-20-17-26(23-39(31)43)41-33-13-5-6-14-34(33)42(36-25-28(45)19-22-35(36)41)27-18-21-32-30-12-8-10-16-38(30)44(3,4)40(32)24-27;;1-3-2;/h5-25,46-47H,1-4H3;5-25H,1-4H3;;(H,1,2);1H2/q;;+1;;/p-1. The third-order valence-corrected chi connectivity index (χ3v) is 23.2. The second-order valence-corrected chi connectivity index (χ2v) is 30.4. The molecule has 5 aliphatic rings. The quantitative estimate of drug-likeness (QED) is 0.0924. The molecule has 2 atom stereocenters. The van der Waals surface area contributed by atoms with E-state index in [0.717, 1.165) is 20.1 Å². The molecule has 4 N–H and O–H groups in total. The van der Waals surface area contributed by atoms with Gasteiger partial charge in [-0.1, -0.05) is 306 Å². The average molecular weight is 1420 g/mol. The predicted molar refractivity (Wildman–Crippen MR) is 400 cm³/mol. The van der Waals surface area contributed by atoms with E-state index in [1.807, 2.05) is 42.5 Å². The molecule has 97 heavy (non-hydrogen) atoms. The Hall–Kier alpha value is -7.72. The molecule has 13 aromatic rings. The van der Waals surface area contributed by atoms with E-state index in [0.29, 0.717) is 22.3 Å². The average Bonchev–Trinajstić information content (AvgIpc) is 1.03. The first-order valence-corrected chi connectivity index (χ1v) is 35.0. The molecule has 0 fully saturated rings. The zero-order valence-electron chi connectivity index (χ0n) is 55.6. The summed E-state index contributed by atoms with van der Waals surface area (Å²) in [6, 6.07) is 91.8. The Labute approximate surface area is 608 Å². The Bertz CT molecular complexity index is 5460. The van der Waals surface area contributed by atoms with E-state index >= 15 is 0 Å². The van der Waals surface area contributed by atoms with Gasteiger partial charge in [-0.2, -0.15) is 0 Å². The van der Waals surface area contributed by atoms with Crippen molar-refractivity contribution in [3.05, 3.63) is 342 Å². The molecule has 0 aliphatic heterocycles. The van der Waals surface area contributed by atoms with E-state index in [-0.39, 0.29) is 56.7 Å². The Morgan fingerprint density at radius 1 is 0.289 bits per heavy atom. The minimum Gasteiger partial charge on any atom is -0.870 e. The zero-order chi connectivity index (χ0) is 65.9. The van der Waals surface area contributed by atoms with Gasteiger partial charge >= 0.3 is 38.2 Å². The number of rotatable bonds is 4. The molecular weight excluding hydrogens is 1350 g/mol. The smallest absolute Gasteiger partial charge is 0.870 e. The van der Waals surface area contributed by atoms with Crippen LogP contribution in [0.3, 0.4) is 0 Å². The molecule has 9 heteroatoms. The number of hydrogen-bond acceptors (Lipinski definition) is 4. The maximum atomic E-state index is 13.3. The summed E-state index contributed by atoms with van der Waals surface area (Å²) in [5.41, 5.74) is 26.8. The maximum Gasteiger partial charge on any atom is 1.00 e. The van der Waals surface area contributed by atoms with Gasteiger partial charge in [0.25, 0.3) is 0 Å². The summed E-state index contributed by atoms with van der Waals surface area (Å²) >= 11 is 7.56. The SMILES string of the molecule is CC1(C)c2ccccc2-c2ccc(-c3c4ccccc4c(-c4ccc5c(c4)C(C)(C)c4ccccc4-5)c4cc(Br)ccc34)cc21.CC1(C)c2ccccc2-c2ccc(C3(O)c4ccccc4C(O)(c4ccc5c(c4)C(C)(C)c4ccccc4-5)c4cc(Br)ccc43)cc21.O=PO.[Na+].[OH-]. The molecule has 5 nitrogen and oxygen atoms in total. The van der Waals surface area contributed by atoms with Crippen LogP contribution >= 0.6 is 40.5 Å². The van der Waals surface area contributed by atoms with Crippen LogP contribution in [0.25, 0.3) is 88.3 Å². The fraction of sp³-hybridized carbons (Fsp3) is 0.159. The van der Waals surface area contributed by atoms with E-state index in [1.165, 1.54) is 133 Å². The number of aliphatic hydroxyl groups is 2.